The molecule has 1 amide bonds. The number of hydrogen-bond donors (Lipinski definition) is 1. The van der Waals surface area contributed by atoms with Gasteiger partial charge in [-0.15, -0.1) is 0 Å². The molecule has 1 aromatic carbocycles. The topological polar surface area (TPSA) is 86.1 Å². The summed E-state index contributed by atoms with van der Waals surface area (Å²) in [5.41, 5.74) is 2.47. The van der Waals surface area contributed by atoms with Crippen molar-refractivity contribution >= 4 is 5.91 Å². The number of hydroxylamine groups is 3. The van der Waals surface area contributed by atoms with Crippen LogP contribution in [0.1, 0.15) is 23.0 Å². The van der Waals surface area contributed by atoms with E-state index < -0.39 is 11.7 Å². The maximum atomic E-state index is 13.2. The Morgan fingerprint density at radius 3 is 3.00 bits per heavy atom. The number of amides is 1. The lowest BCUT2D eigenvalue weighted by molar-refractivity contribution is -0.312. The summed E-state index contributed by atoms with van der Waals surface area (Å²) in [5, 5.41) is 4.46. The Morgan fingerprint density at radius 1 is 1.46 bits per heavy atom. The van der Waals surface area contributed by atoms with Gasteiger partial charge in [0.05, 0.1) is 6.20 Å². The van der Waals surface area contributed by atoms with Crippen LogP contribution in [-0.2, 0) is 9.68 Å². The predicted molar refractivity (Wildman–Crippen MR) is 77.3 cm³/mol. The van der Waals surface area contributed by atoms with E-state index in [1.165, 1.54) is 24.4 Å². The van der Waals surface area contributed by atoms with E-state index in [1.807, 2.05) is 0 Å². The van der Waals surface area contributed by atoms with Crippen LogP contribution in [0.4, 0.5) is 4.39 Å². The SMILES string of the molecule is Cc1oncc1C(=O)NOC1=CC(C)ON1Oc1cccc(F)c1. The Morgan fingerprint density at radius 2 is 2.29 bits per heavy atom. The molecule has 0 aliphatic carbocycles. The molecule has 9 heteroatoms. The largest absolute Gasteiger partial charge is 0.361 e. The third-order valence-electron chi connectivity index (χ3n) is 3.05. The van der Waals surface area contributed by atoms with E-state index in [0.717, 1.165) is 5.23 Å². The summed E-state index contributed by atoms with van der Waals surface area (Å²) in [6.45, 7) is 3.34. The first-order chi connectivity index (χ1) is 11.5. The zero-order valence-corrected chi connectivity index (χ0v) is 12.9. The highest BCUT2D eigenvalue weighted by Crippen LogP contribution is 2.22. The second kappa shape index (κ2) is 6.59. The molecule has 0 fully saturated rings. The van der Waals surface area contributed by atoms with Gasteiger partial charge in [0.25, 0.3) is 11.8 Å². The van der Waals surface area contributed by atoms with E-state index in [2.05, 4.69) is 10.6 Å². The highest BCUT2D eigenvalue weighted by molar-refractivity contribution is 5.94. The van der Waals surface area contributed by atoms with Crippen molar-refractivity contribution in [1.29, 1.82) is 0 Å². The van der Waals surface area contributed by atoms with Crippen LogP contribution in [0.2, 0.25) is 0 Å². The summed E-state index contributed by atoms with van der Waals surface area (Å²) in [4.78, 5) is 27.9. The lowest BCUT2D eigenvalue weighted by atomic mass is 10.3. The van der Waals surface area contributed by atoms with Gasteiger partial charge in [-0.2, -0.15) is 5.48 Å². The molecule has 0 spiro atoms. The number of hydrogen-bond acceptors (Lipinski definition) is 7. The Hall–Kier alpha value is -3.07. The number of carbonyl (C=O) groups is 1. The molecule has 1 aromatic heterocycles. The zero-order valence-electron chi connectivity index (χ0n) is 12.9. The van der Waals surface area contributed by atoms with Crippen LogP contribution in [-0.4, -0.2) is 22.4 Å². The van der Waals surface area contributed by atoms with Crippen molar-refractivity contribution in [1.82, 2.24) is 15.9 Å². The Balaban J connectivity index is 1.64. The Bertz CT molecular complexity index is 776. The fraction of sp³-hybridized carbons (Fsp3) is 0.200. The van der Waals surface area contributed by atoms with Gasteiger partial charge in [-0.3, -0.25) is 4.79 Å². The van der Waals surface area contributed by atoms with Gasteiger partial charge in [-0.25, -0.2) is 9.23 Å². The number of halogens is 1. The highest BCUT2D eigenvalue weighted by Gasteiger charge is 2.27. The van der Waals surface area contributed by atoms with E-state index >= 15 is 0 Å². The minimum Gasteiger partial charge on any atom is -0.361 e. The third-order valence-corrected chi connectivity index (χ3v) is 3.05. The molecule has 1 unspecified atom stereocenters. The molecule has 1 atom stereocenters. The summed E-state index contributed by atoms with van der Waals surface area (Å²) >= 11 is 0. The number of aryl methyl sites for hydroxylation is 1. The average molecular weight is 335 g/mol. The molecule has 2 heterocycles. The van der Waals surface area contributed by atoms with E-state index in [1.54, 1.807) is 26.0 Å². The van der Waals surface area contributed by atoms with Crippen LogP contribution < -0.4 is 10.3 Å². The van der Waals surface area contributed by atoms with Crippen molar-refractivity contribution < 1.29 is 28.2 Å². The number of aromatic nitrogens is 1. The van der Waals surface area contributed by atoms with Crippen LogP contribution in [0.15, 0.2) is 46.9 Å². The van der Waals surface area contributed by atoms with Crippen molar-refractivity contribution in [3.8, 4) is 5.75 Å². The lowest BCUT2D eigenvalue weighted by Crippen LogP contribution is -2.31. The first-order valence-corrected chi connectivity index (χ1v) is 7.03. The standard InChI is InChI=1S/C15H14FN3O5/c1-9-6-14(22-18-15(20)13-8-17-21-10(13)2)19(23-9)24-12-5-3-4-11(16)7-12/h3-9H,1-2H3,(H,18,20). The van der Waals surface area contributed by atoms with Gasteiger partial charge in [-0.05, 0) is 31.2 Å². The smallest absolute Gasteiger partial charge is 0.289 e. The van der Waals surface area contributed by atoms with Gasteiger partial charge >= 0.3 is 0 Å². The maximum absolute atomic E-state index is 13.2. The minimum absolute atomic E-state index is 0.0919. The molecule has 0 saturated carbocycles. The fourth-order valence-electron chi connectivity index (χ4n) is 1.92. The Labute approximate surface area is 136 Å². The molecule has 126 valence electrons. The molecule has 2 aromatic rings. The zero-order chi connectivity index (χ0) is 17.1. The van der Waals surface area contributed by atoms with E-state index in [9.17, 15) is 9.18 Å². The first kappa shape index (κ1) is 15.8. The van der Waals surface area contributed by atoms with Crippen molar-refractivity contribution in [2.75, 3.05) is 0 Å². The van der Waals surface area contributed by atoms with Crippen molar-refractivity contribution in [3.05, 3.63) is 59.6 Å². The average Bonchev–Trinajstić information content (AvgIpc) is 3.11. The highest BCUT2D eigenvalue weighted by atomic mass is 19.1. The fourth-order valence-corrected chi connectivity index (χ4v) is 1.92. The molecule has 1 aliphatic rings. The second-order valence-electron chi connectivity index (χ2n) is 4.95. The number of carbonyl (C=O) groups excluding carboxylic acids is 1. The van der Waals surface area contributed by atoms with Gasteiger partial charge < -0.3 is 14.2 Å². The monoisotopic (exact) mass is 335 g/mol. The summed E-state index contributed by atoms with van der Waals surface area (Å²) in [5.74, 6) is -0.342. The van der Waals surface area contributed by atoms with Crippen molar-refractivity contribution in [2.24, 2.45) is 0 Å². The summed E-state index contributed by atoms with van der Waals surface area (Å²) in [7, 11) is 0. The summed E-state index contributed by atoms with van der Waals surface area (Å²) in [6, 6.07) is 5.51. The van der Waals surface area contributed by atoms with Gasteiger partial charge in [0.1, 0.15) is 23.2 Å². The van der Waals surface area contributed by atoms with E-state index in [-0.39, 0.29) is 23.3 Å². The molecular weight excluding hydrogens is 321 g/mol. The molecule has 0 bridgehead atoms. The quantitative estimate of drug-likeness (QED) is 0.839. The summed E-state index contributed by atoms with van der Waals surface area (Å²) < 4.78 is 18.0. The second-order valence-corrected chi connectivity index (χ2v) is 4.95. The van der Waals surface area contributed by atoms with Crippen LogP contribution in [0, 0.1) is 12.7 Å². The van der Waals surface area contributed by atoms with E-state index in [4.69, 9.17) is 19.0 Å². The number of rotatable bonds is 5. The van der Waals surface area contributed by atoms with Crippen molar-refractivity contribution in [2.45, 2.75) is 20.0 Å². The van der Waals surface area contributed by atoms with Crippen LogP contribution >= 0.6 is 0 Å². The molecule has 0 saturated heterocycles. The Kier molecular flexibility index (Phi) is 4.34. The number of nitrogens with one attached hydrogen (secondary N) is 1. The van der Waals surface area contributed by atoms with E-state index in [0.29, 0.717) is 5.76 Å². The van der Waals surface area contributed by atoms with Crippen LogP contribution in [0.25, 0.3) is 0 Å². The molecule has 1 N–H and O–H groups in total. The summed E-state index contributed by atoms with van der Waals surface area (Å²) in [6.07, 6.45) is 2.49. The molecule has 1 aliphatic heterocycles. The first-order valence-electron chi connectivity index (χ1n) is 7.03. The minimum atomic E-state index is -0.542. The number of benzene rings is 1. The van der Waals surface area contributed by atoms with Crippen LogP contribution in [0.3, 0.4) is 0 Å². The molecular formula is C15H14FN3O5. The van der Waals surface area contributed by atoms with Gasteiger partial charge in [-0.1, -0.05) is 11.2 Å². The third kappa shape index (κ3) is 3.46. The normalized spacial score (nSPS) is 16.7. The molecule has 3 rings (SSSR count). The van der Waals surface area contributed by atoms with Crippen molar-refractivity contribution in [3.63, 3.8) is 0 Å². The molecule has 8 nitrogen and oxygen atoms in total. The maximum Gasteiger partial charge on any atom is 0.289 e. The van der Waals surface area contributed by atoms with Gasteiger partial charge in [0, 0.05) is 12.1 Å². The molecule has 24 heavy (non-hydrogen) atoms. The predicted octanol–water partition coefficient (Wildman–Crippen LogP) is 2.25. The van der Waals surface area contributed by atoms with Gasteiger partial charge in [0.15, 0.2) is 5.75 Å². The molecule has 0 radical (unpaired) electrons. The lowest BCUT2D eigenvalue weighted by Gasteiger charge is -2.20. The van der Waals surface area contributed by atoms with Crippen LogP contribution in [0.5, 0.6) is 5.75 Å². The number of nitrogens with zero attached hydrogens (tertiary/aromatic N) is 2. The van der Waals surface area contributed by atoms with Gasteiger partial charge in [0.2, 0.25) is 0 Å².